The van der Waals surface area contributed by atoms with Gasteiger partial charge < -0.3 is 5.32 Å². The van der Waals surface area contributed by atoms with Crippen molar-refractivity contribution in [2.45, 2.75) is 0 Å². The SMILES string of the molecule is C1CSCCN1.[O]=[Ti]=[O]. The number of thioether (sulfide) groups is 1. The summed E-state index contributed by atoms with van der Waals surface area (Å²) < 4.78 is 17.0. The second-order valence-electron chi connectivity index (χ2n) is 1.45. The van der Waals surface area contributed by atoms with Crippen molar-refractivity contribution in [1.29, 1.82) is 0 Å². The maximum absolute atomic E-state index is 8.50. The molecule has 0 aliphatic carbocycles. The summed E-state index contributed by atoms with van der Waals surface area (Å²) >= 11 is 0.0324. The van der Waals surface area contributed by atoms with Crippen LogP contribution in [0.3, 0.4) is 0 Å². The summed E-state index contributed by atoms with van der Waals surface area (Å²) in [6.45, 7) is 2.43. The van der Waals surface area contributed by atoms with Crippen LogP contribution in [0, 0.1) is 0 Å². The Morgan fingerprint density at radius 2 is 1.67 bits per heavy atom. The second-order valence-corrected chi connectivity index (χ2v) is 2.93. The van der Waals surface area contributed by atoms with Crippen LogP contribution in [0.15, 0.2) is 0 Å². The Bertz CT molecular complexity index is 79.1. The van der Waals surface area contributed by atoms with E-state index in [-0.39, 0.29) is 0 Å². The first-order valence-electron chi connectivity index (χ1n) is 2.69. The van der Waals surface area contributed by atoms with E-state index in [4.69, 9.17) is 6.65 Å². The van der Waals surface area contributed by atoms with Gasteiger partial charge in [-0.3, -0.25) is 0 Å². The molecule has 0 aromatic carbocycles. The zero-order valence-corrected chi connectivity index (χ0v) is 7.43. The third kappa shape index (κ3) is 8.62. The summed E-state index contributed by atoms with van der Waals surface area (Å²) in [5.74, 6) is 2.61. The van der Waals surface area contributed by atoms with Gasteiger partial charge in [0.15, 0.2) is 0 Å². The number of rotatable bonds is 0. The predicted octanol–water partition coefficient (Wildman–Crippen LogP) is 0.0827. The molecule has 0 radical (unpaired) electrons. The summed E-state index contributed by atoms with van der Waals surface area (Å²) in [5, 5.41) is 3.26. The van der Waals surface area contributed by atoms with Crippen LogP contribution < -0.4 is 5.32 Å². The maximum atomic E-state index is 8.50. The molecule has 9 heavy (non-hydrogen) atoms. The molecule has 1 aliphatic heterocycles. The third-order valence-corrected chi connectivity index (χ3v) is 1.83. The van der Waals surface area contributed by atoms with Crippen molar-refractivity contribution < 1.29 is 25.7 Å². The van der Waals surface area contributed by atoms with Gasteiger partial charge in [-0.15, -0.1) is 0 Å². The van der Waals surface area contributed by atoms with Crippen LogP contribution >= 0.6 is 11.8 Å². The van der Waals surface area contributed by atoms with Gasteiger partial charge in [0, 0.05) is 24.6 Å². The van der Waals surface area contributed by atoms with Gasteiger partial charge in [0.1, 0.15) is 0 Å². The molecule has 1 N–H and O–H groups in total. The first-order valence-corrected chi connectivity index (χ1v) is 5.12. The Balaban J connectivity index is 0.000000187. The van der Waals surface area contributed by atoms with E-state index >= 15 is 0 Å². The third-order valence-electron chi connectivity index (χ3n) is 0.846. The predicted molar refractivity (Wildman–Crippen MR) is 31.6 cm³/mol. The van der Waals surface area contributed by atoms with Gasteiger partial charge >= 0.3 is 25.7 Å². The summed E-state index contributed by atoms with van der Waals surface area (Å²) in [6.07, 6.45) is 0. The Hall–Kier alpha value is 0.624. The summed E-state index contributed by atoms with van der Waals surface area (Å²) in [6, 6.07) is 0. The summed E-state index contributed by atoms with van der Waals surface area (Å²) in [7, 11) is 0. The summed E-state index contributed by atoms with van der Waals surface area (Å²) in [4.78, 5) is 0. The molecule has 3 nitrogen and oxygen atoms in total. The van der Waals surface area contributed by atoms with Crippen LogP contribution in [0.2, 0.25) is 0 Å². The molecular formula is C4H9NO2STi. The Morgan fingerprint density at radius 1 is 1.22 bits per heavy atom. The molecule has 0 unspecified atom stereocenters. The standard InChI is InChI=1S/C4H9NS.2O.Ti/c1-3-6-4-2-5-1;;;/h5H,1-4H2;;;. The molecule has 0 aromatic heterocycles. The molecule has 1 heterocycles. The van der Waals surface area contributed by atoms with Crippen molar-refractivity contribution in [1.82, 2.24) is 5.32 Å². The molecule has 0 atom stereocenters. The van der Waals surface area contributed by atoms with Gasteiger partial charge in [-0.1, -0.05) is 0 Å². The van der Waals surface area contributed by atoms with E-state index in [1.165, 1.54) is 24.6 Å². The zero-order chi connectivity index (χ0) is 6.95. The van der Waals surface area contributed by atoms with Gasteiger partial charge in [0.2, 0.25) is 0 Å². The van der Waals surface area contributed by atoms with Gasteiger partial charge in [-0.05, 0) is 0 Å². The molecule has 0 aromatic rings. The minimum atomic E-state index is -2.00. The summed E-state index contributed by atoms with van der Waals surface area (Å²) in [5.41, 5.74) is 0. The fraction of sp³-hybridized carbons (Fsp3) is 1.00. The van der Waals surface area contributed by atoms with E-state index in [0.29, 0.717) is 0 Å². The van der Waals surface area contributed by atoms with Crippen LogP contribution in [-0.2, 0) is 25.7 Å². The first-order chi connectivity index (χ1) is 4.41. The Kier molecular flexibility index (Phi) is 9.22. The van der Waals surface area contributed by atoms with E-state index in [1.54, 1.807) is 0 Å². The van der Waals surface area contributed by atoms with Crippen molar-refractivity contribution in [2.75, 3.05) is 24.6 Å². The zero-order valence-electron chi connectivity index (χ0n) is 5.05. The number of hydrogen-bond donors (Lipinski definition) is 1. The van der Waals surface area contributed by atoms with Gasteiger partial charge in [0.05, 0.1) is 0 Å². The molecule has 1 fully saturated rings. The average Bonchev–Trinajstić information content (AvgIpc) is 1.93. The van der Waals surface area contributed by atoms with E-state index < -0.39 is 19.1 Å². The Labute approximate surface area is 67.5 Å². The van der Waals surface area contributed by atoms with E-state index in [0.717, 1.165) is 0 Å². The molecule has 1 rings (SSSR count). The molecule has 0 amide bonds. The van der Waals surface area contributed by atoms with E-state index in [9.17, 15) is 0 Å². The normalized spacial score (nSPS) is 16.9. The average molecular weight is 183 g/mol. The van der Waals surface area contributed by atoms with Crippen LogP contribution in [0.4, 0.5) is 0 Å². The molecule has 1 saturated heterocycles. The number of nitrogens with one attached hydrogen (secondary N) is 1. The van der Waals surface area contributed by atoms with E-state index in [2.05, 4.69) is 5.32 Å². The molecule has 1 aliphatic rings. The van der Waals surface area contributed by atoms with Crippen LogP contribution in [-0.4, -0.2) is 24.6 Å². The van der Waals surface area contributed by atoms with Crippen molar-refractivity contribution in [3.63, 3.8) is 0 Å². The topological polar surface area (TPSA) is 46.2 Å². The van der Waals surface area contributed by atoms with Crippen molar-refractivity contribution >= 4 is 11.8 Å². The van der Waals surface area contributed by atoms with Gasteiger partial charge in [-0.25, -0.2) is 0 Å². The van der Waals surface area contributed by atoms with Crippen LogP contribution in [0.25, 0.3) is 0 Å². The fourth-order valence-corrected chi connectivity index (χ4v) is 1.30. The molecular weight excluding hydrogens is 174 g/mol. The number of hydrogen-bond acceptors (Lipinski definition) is 4. The van der Waals surface area contributed by atoms with Gasteiger partial charge in [-0.2, -0.15) is 11.8 Å². The molecule has 52 valence electrons. The quantitative estimate of drug-likeness (QED) is 0.540. The molecule has 0 spiro atoms. The monoisotopic (exact) mass is 183 g/mol. The first kappa shape index (κ1) is 9.62. The molecule has 0 saturated carbocycles. The van der Waals surface area contributed by atoms with Crippen molar-refractivity contribution in [2.24, 2.45) is 0 Å². The van der Waals surface area contributed by atoms with Crippen LogP contribution in [0.1, 0.15) is 0 Å². The Morgan fingerprint density at radius 3 is 1.78 bits per heavy atom. The van der Waals surface area contributed by atoms with Crippen LogP contribution in [0.5, 0.6) is 0 Å². The van der Waals surface area contributed by atoms with Crippen molar-refractivity contribution in [3.8, 4) is 0 Å². The molecule has 5 heteroatoms. The van der Waals surface area contributed by atoms with E-state index in [1.807, 2.05) is 11.8 Å². The van der Waals surface area contributed by atoms with Crippen molar-refractivity contribution in [3.05, 3.63) is 0 Å². The minimum absolute atomic E-state index is 1.21. The molecule has 0 bridgehead atoms. The van der Waals surface area contributed by atoms with Gasteiger partial charge in [0.25, 0.3) is 0 Å². The second kappa shape index (κ2) is 8.62. The fourth-order valence-electron chi connectivity index (χ4n) is 0.516.